The molecule has 2 rings (SSSR count). The number of hydrogen-bond donors (Lipinski definition) is 2. The monoisotopic (exact) mass is 327 g/mol. The molecule has 6 heteroatoms. The average Bonchev–Trinajstić information content (AvgIpc) is 2.59. The van der Waals surface area contributed by atoms with Gasteiger partial charge in [0.05, 0.1) is 12.8 Å². The lowest BCUT2D eigenvalue weighted by molar-refractivity contribution is 0.0955. The van der Waals surface area contributed by atoms with Crippen molar-refractivity contribution in [1.29, 1.82) is 0 Å². The SMILES string of the molecule is COc1cc(C(C)=NNC(=O)c2ccc(N(C)C)cc2)ccc1O. The molecule has 0 aliphatic heterocycles. The summed E-state index contributed by atoms with van der Waals surface area (Å²) in [6.45, 7) is 1.77. The van der Waals surface area contributed by atoms with Crippen molar-refractivity contribution in [3.8, 4) is 11.5 Å². The van der Waals surface area contributed by atoms with Gasteiger partial charge < -0.3 is 14.7 Å². The average molecular weight is 327 g/mol. The first-order valence-corrected chi connectivity index (χ1v) is 7.41. The fraction of sp³-hybridized carbons (Fsp3) is 0.222. The molecule has 2 N–H and O–H groups in total. The third kappa shape index (κ3) is 4.04. The van der Waals surface area contributed by atoms with Crippen LogP contribution in [0.1, 0.15) is 22.8 Å². The van der Waals surface area contributed by atoms with Gasteiger partial charge in [-0.3, -0.25) is 4.79 Å². The van der Waals surface area contributed by atoms with Crippen LogP contribution in [0.3, 0.4) is 0 Å². The van der Waals surface area contributed by atoms with E-state index < -0.39 is 0 Å². The van der Waals surface area contributed by atoms with Crippen LogP contribution in [0.15, 0.2) is 47.6 Å². The maximum absolute atomic E-state index is 12.1. The lowest BCUT2D eigenvalue weighted by Gasteiger charge is -2.12. The molecule has 0 aliphatic rings. The minimum Gasteiger partial charge on any atom is -0.504 e. The van der Waals surface area contributed by atoms with Crippen LogP contribution in [0.5, 0.6) is 11.5 Å². The lowest BCUT2D eigenvalue weighted by atomic mass is 10.1. The van der Waals surface area contributed by atoms with Crippen LogP contribution < -0.4 is 15.1 Å². The van der Waals surface area contributed by atoms with Gasteiger partial charge in [-0.25, -0.2) is 5.43 Å². The molecule has 0 spiro atoms. The maximum Gasteiger partial charge on any atom is 0.271 e. The normalized spacial score (nSPS) is 11.1. The number of carbonyl (C=O) groups is 1. The summed E-state index contributed by atoms with van der Waals surface area (Å²) in [4.78, 5) is 14.1. The van der Waals surface area contributed by atoms with E-state index in [4.69, 9.17) is 4.74 Å². The second-order valence-electron chi connectivity index (χ2n) is 5.47. The molecule has 1 amide bonds. The minimum absolute atomic E-state index is 0.0547. The van der Waals surface area contributed by atoms with Gasteiger partial charge in [0.15, 0.2) is 11.5 Å². The fourth-order valence-corrected chi connectivity index (χ4v) is 2.08. The zero-order chi connectivity index (χ0) is 17.7. The molecule has 0 radical (unpaired) electrons. The van der Waals surface area contributed by atoms with Crippen LogP contribution in [-0.2, 0) is 0 Å². The number of methoxy groups -OCH3 is 1. The van der Waals surface area contributed by atoms with Crippen LogP contribution in [0.4, 0.5) is 5.69 Å². The summed E-state index contributed by atoms with van der Waals surface area (Å²) in [5.74, 6) is 0.122. The van der Waals surface area contributed by atoms with Crippen molar-refractivity contribution in [2.75, 3.05) is 26.1 Å². The Morgan fingerprint density at radius 3 is 2.33 bits per heavy atom. The van der Waals surface area contributed by atoms with Crippen molar-refractivity contribution in [2.45, 2.75) is 6.92 Å². The topological polar surface area (TPSA) is 74.2 Å². The van der Waals surface area contributed by atoms with E-state index in [-0.39, 0.29) is 11.7 Å². The fourth-order valence-electron chi connectivity index (χ4n) is 2.08. The Morgan fingerprint density at radius 2 is 1.75 bits per heavy atom. The van der Waals surface area contributed by atoms with E-state index in [1.807, 2.05) is 31.1 Å². The number of aromatic hydroxyl groups is 1. The number of nitrogens with one attached hydrogen (secondary N) is 1. The predicted molar refractivity (Wildman–Crippen MR) is 95.1 cm³/mol. The predicted octanol–water partition coefficient (Wildman–Crippen LogP) is 2.62. The molecule has 0 aromatic heterocycles. The quantitative estimate of drug-likeness (QED) is 0.654. The third-order valence-corrected chi connectivity index (χ3v) is 3.57. The number of nitrogens with zero attached hydrogens (tertiary/aromatic N) is 2. The van der Waals surface area contributed by atoms with Crippen LogP contribution in [-0.4, -0.2) is 37.9 Å². The summed E-state index contributed by atoms with van der Waals surface area (Å²) in [5, 5.41) is 13.7. The molecule has 0 saturated heterocycles. The van der Waals surface area contributed by atoms with E-state index in [2.05, 4.69) is 10.5 Å². The number of benzene rings is 2. The van der Waals surface area contributed by atoms with E-state index in [9.17, 15) is 9.90 Å². The van der Waals surface area contributed by atoms with Crippen molar-refractivity contribution in [1.82, 2.24) is 5.43 Å². The summed E-state index contributed by atoms with van der Waals surface area (Å²) < 4.78 is 5.06. The highest BCUT2D eigenvalue weighted by Gasteiger charge is 2.07. The van der Waals surface area contributed by atoms with Gasteiger partial charge in [0.25, 0.3) is 5.91 Å². The van der Waals surface area contributed by atoms with Crippen LogP contribution in [0.2, 0.25) is 0 Å². The number of hydrazone groups is 1. The summed E-state index contributed by atoms with van der Waals surface area (Å²) >= 11 is 0. The molecule has 2 aromatic rings. The Balaban J connectivity index is 2.10. The molecule has 2 aromatic carbocycles. The van der Waals surface area contributed by atoms with Crippen molar-refractivity contribution < 1.29 is 14.6 Å². The molecular weight excluding hydrogens is 306 g/mol. The van der Waals surface area contributed by atoms with Gasteiger partial charge >= 0.3 is 0 Å². The molecule has 24 heavy (non-hydrogen) atoms. The van der Waals surface area contributed by atoms with Crippen LogP contribution in [0.25, 0.3) is 0 Å². The standard InChI is InChI=1S/C18H21N3O3/c1-12(14-7-10-16(22)17(11-14)24-4)19-20-18(23)13-5-8-15(9-6-13)21(2)3/h5-11,22H,1-4H3,(H,20,23). The number of ether oxygens (including phenoxy) is 1. The van der Waals surface area contributed by atoms with E-state index in [1.165, 1.54) is 13.2 Å². The third-order valence-electron chi connectivity index (χ3n) is 3.57. The van der Waals surface area contributed by atoms with Gasteiger partial charge in [0.2, 0.25) is 0 Å². The highest BCUT2D eigenvalue weighted by molar-refractivity contribution is 6.01. The molecule has 126 valence electrons. The maximum atomic E-state index is 12.1. The second-order valence-corrected chi connectivity index (χ2v) is 5.47. The smallest absolute Gasteiger partial charge is 0.271 e. The first-order valence-electron chi connectivity index (χ1n) is 7.41. The minimum atomic E-state index is -0.287. The van der Waals surface area contributed by atoms with Crippen molar-refractivity contribution in [2.24, 2.45) is 5.10 Å². The van der Waals surface area contributed by atoms with E-state index >= 15 is 0 Å². The Labute approximate surface area is 141 Å². The second kappa shape index (κ2) is 7.50. The zero-order valence-electron chi connectivity index (χ0n) is 14.2. The molecule has 0 saturated carbocycles. The lowest BCUT2D eigenvalue weighted by Crippen LogP contribution is -2.19. The Hall–Kier alpha value is -3.02. The first-order chi connectivity index (χ1) is 11.4. The Kier molecular flexibility index (Phi) is 5.42. The summed E-state index contributed by atoms with van der Waals surface area (Å²) in [7, 11) is 5.35. The molecule has 0 atom stereocenters. The Morgan fingerprint density at radius 1 is 1.12 bits per heavy atom. The van der Waals surface area contributed by atoms with E-state index in [1.54, 1.807) is 31.2 Å². The van der Waals surface area contributed by atoms with Crippen molar-refractivity contribution in [3.05, 3.63) is 53.6 Å². The van der Waals surface area contributed by atoms with Gasteiger partial charge in [-0.2, -0.15) is 5.10 Å². The zero-order valence-corrected chi connectivity index (χ0v) is 14.2. The summed E-state index contributed by atoms with van der Waals surface area (Å²) in [6.07, 6.45) is 0. The highest BCUT2D eigenvalue weighted by atomic mass is 16.5. The highest BCUT2D eigenvalue weighted by Crippen LogP contribution is 2.26. The molecule has 0 aliphatic carbocycles. The van der Waals surface area contributed by atoms with E-state index in [0.717, 1.165) is 11.3 Å². The molecule has 0 heterocycles. The largest absolute Gasteiger partial charge is 0.504 e. The first kappa shape index (κ1) is 17.3. The van der Waals surface area contributed by atoms with Gasteiger partial charge in [-0.15, -0.1) is 0 Å². The van der Waals surface area contributed by atoms with Gasteiger partial charge in [0.1, 0.15) is 0 Å². The van der Waals surface area contributed by atoms with Crippen LogP contribution in [0, 0.1) is 0 Å². The van der Waals surface area contributed by atoms with Crippen molar-refractivity contribution >= 4 is 17.3 Å². The summed E-state index contributed by atoms with van der Waals surface area (Å²) in [6, 6.07) is 12.1. The number of hydrogen-bond acceptors (Lipinski definition) is 5. The number of carbonyl (C=O) groups excluding carboxylic acids is 1. The Bertz CT molecular complexity index is 753. The van der Waals surface area contributed by atoms with Gasteiger partial charge in [0, 0.05) is 30.9 Å². The number of amides is 1. The molecule has 0 fully saturated rings. The van der Waals surface area contributed by atoms with Gasteiger partial charge in [-0.05, 0) is 49.4 Å². The van der Waals surface area contributed by atoms with Crippen molar-refractivity contribution in [3.63, 3.8) is 0 Å². The molecule has 0 bridgehead atoms. The number of anilines is 1. The number of phenols is 1. The molecule has 6 nitrogen and oxygen atoms in total. The number of rotatable bonds is 5. The molecule has 0 unspecified atom stereocenters. The number of phenolic OH excluding ortho intramolecular Hbond substituents is 1. The van der Waals surface area contributed by atoms with E-state index in [0.29, 0.717) is 17.0 Å². The summed E-state index contributed by atoms with van der Waals surface area (Å²) in [5.41, 5.74) is 5.42. The van der Waals surface area contributed by atoms with Crippen LogP contribution >= 0.6 is 0 Å². The van der Waals surface area contributed by atoms with Gasteiger partial charge in [-0.1, -0.05) is 0 Å². The molecular formula is C18H21N3O3.